The van der Waals surface area contributed by atoms with E-state index >= 15 is 0 Å². The number of aryl methyl sites for hydroxylation is 1. The maximum Gasteiger partial charge on any atom is 0.160 e. The molecule has 0 spiro atoms. The number of hydrogen-bond donors (Lipinski definition) is 2. The lowest BCUT2D eigenvalue weighted by Gasteiger charge is -2.22. The molecule has 1 aliphatic rings. The molecular weight excluding hydrogens is 397 g/mol. The van der Waals surface area contributed by atoms with Crippen molar-refractivity contribution in [2.75, 3.05) is 50.3 Å². The number of aliphatic hydroxyl groups is 1. The Morgan fingerprint density at radius 2 is 1.93 bits per heavy atom. The smallest absolute Gasteiger partial charge is 0.160 e. The number of hydrogen-bond acceptors (Lipinski definition) is 5. The van der Waals surface area contributed by atoms with Crippen molar-refractivity contribution < 1.29 is 22.4 Å². The number of fused-ring (bicyclic) bond motifs is 1. The van der Waals surface area contributed by atoms with Crippen molar-refractivity contribution in [3.63, 3.8) is 0 Å². The first-order chi connectivity index (χ1) is 12.9. The van der Waals surface area contributed by atoms with E-state index in [0.717, 1.165) is 47.2 Å². The van der Waals surface area contributed by atoms with Gasteiger partial charge in [0.15, 0.2) is 12.4 Å². The predicted molar refractivity (Wildman–Crippen MR) is 112 cm³/mol. The molecule has 0 aromatic heterocycles. The molecule has 0 fully saturated rings. The average molecular weight is 424 g/mol. The van der Waals surface area contributed by atoms with Gasteiger partial charge < -0.3 is 27.3 Å². The molecule has 0 saturated carbocycles. The van der Waals surface area contributed by atoms with E-state index in [4.69, 9.17) is 11.6 Å². The molecule has 2 N–H and O–H groups in total. The molecule has 0 aliphatic carbocycles. The molecule has 0 amide bonds. The fraction of sp³-hybridized carbons (Fsp3) is 0.400. The van der Waals surface area contributed by atoms with E-state index in [9.17, 15) is 5.11 Å². The van der Waals surface area contributed by atoms with Crippen molar-refractivity contribution in [1.82, 2.24) is 0 Å². The summed E-state index contributed by atoms with van der Waals surface area (Å²) in [5.74, 6) is 0. The normalized spacial score (nSPS) is 15.6. The maximum absolute atomic E-state index is 9.21. The van der Waals surface area contributed by atoms with Crippen LogP contribution in [0.5, 0.6) is 0 Å². The first-order valence-electron chi connectivity index (χ1n) is 9.20. The lowest BCUT2D eigenvalue weighted by molar-refractivity contribution is -0.802. The number of likely N-dealkylation sites (N-methyl/N-ethyl adjacent to an activating group) is 1. The monoisotopic (exact) mass is 423 g/mol. The molecule has 152 valence electrons. The van der Waals surface area contributed by atoms with Crippen LogP contribution in [0.15, 0.2) is 40.6 Å². The summed E-state index contributed by atoms with van der Waals surface area (Å²) >= 11 is 6.30. The number of nitrogens with one attached hydrogen (secondary N) is 1. The van der Waals surface area contributed by atoms with Crippen LogP contribution in [0, 0.1) is 6.92 Å². The number of nitrogens with zero attached hydrogens (tertiary/aromatic N) is 4. The SMILES string of the molecule is CCN(CCO)c1ccc(N=Nc2cc(Cl)cc3c2N(C)C[NH+]3C)c(C)c1.[Cl-]. The zero-order valence-corrected chi connectivity index (χ0v) is 18.2. The Bertz CT molecular complexity index is 859. The summed E-state index contributed by atoms with van der Waals surface area (Å²) < 4.78 is 0. The third kappa shape index (κ3) is 4.58. The van der Waals surface area contributed by atoms with Crippen molar-refractivity contribution in [3.8, 4) is 0 Å². The molecule has 6 nitrogen and oxygen atoms in total. The highest BCUT2D eigenvalue weighted by Crippen LogP contribution is 2.39. The molecule has 1 heterocycles. The van der Waals surface area contributed by atoms with Crippen LogP contribution in [0.3, 0.4) is 0 Å². The Hall–Kier alpha value is -1.86. The van der Waals surface area contributed by atoms with Crippen molar-refractivity contribution >= 4 is 40.0 Å². The van der Waals surface area contributed by atoms with Crippen LogP contribution in [0.2, 0.25) is 5.02 Å². The molecular formula is C20H27Cl2N5O. The third-order valence-corrected chi connectivity index (χ3v) is 5.15. The summed E-state index contributed by atoms with van der Waals surface area (Å²) in [7, 11) is 4.18. The molecule has 0 saturated heterocycles. The predicted octanol–water partition coefficient (Wildman–Crippen LogP) is 0.440. The molecule has 2 aromatic carbocycles. The molecule has 1 aliphatic heterocycles. The minimum atomic E-state index is 0. The van der Waals surface area contributed by atoms with Crippen molar-refractivity contribution in [1.29, 1.82) is 0 Å². The van der Waals surface area contributed by atoms with Gasteiger partial charge in [-0.05, 0) is 43.7 Å². The molecule has 0 bridgehead atoms. The highest BCUT2D eigenvalue weighted by Gasteiger charge is 2.29. The summed E-state index contributed by atoms with van der Waals surface area (Å²) in [5.41, 5.74) is 5.97. The van der Waals surface area contributed by atoms with Gasteiger partial charge >= 0.3 is 0 Å². The molecule has 1 unspecified atom stereocenters. The van der Waals surface area contributed by atoms with E-state index in [-0.39, 0.29) is 19.0 Å². The van der Waals surface area contributed by atoms with Crippen molar-refractivity contribution in [2.24, 2.45) is 10.2 Å². The minimum Gasteiger partial charge on any atom is -1.00 e. The molecule has 0 radical (unpaired) electrons. The second-order valence-corrected chi connectivity index (χ2v) is 7.37. The van der Waals surface area contributed by atoms with E-state index in [1.165, 1.54) is 4.90 Å². The van der Waals surface area contributed by atoms with E-state index in [1.807, 2.05) is 31.2 Å². The van der Waals surface area contributed by atoms with E-state index in [2.05, 4.69) is 47.1 Å². The lowest BCUT2D eigenvalue weighted by Crippen LogP contribution is -3.03. The summed E-state index contributed by atoms with van der Waals surface area (Å²) in [4.78, 5) is 5.60. The number of halogens is 2. The van der Waals surface area contributed by atoms with Gasteiger partial charge in [-0.2, -0.15) is 5.11 Å². The Balaban J connectivity index is 0.00000280. The van der Waals surface area contributed by atoms with Crippen LogP contribution < -0.4 is 27.1 Å². The largest absolute Gasteiger partial charge is 1.00 e. The van der Waals surface area contributed by atoms with Crippen LogP contribution >= 0.6 is 11.6 Å². The summed E-state index contributed by atoms with van der Waals surface area (Å²) in [6.45, 7) is 6.58. The number of rotatable bonds is 6. The molecule has 1 atom stereocenters. The van der Waals surface area contributed by atoms with Gasteiger partial charge in [-0.15, -0.1) is 5.11 Å². The zero-order valence-electron chi connectivity index (χ0n) is 16.7. The Morgan fingerprint density at radius 3 is 2.57 bits per heavy atom. The van der Waals surface area contributed by atoms with Crippen LogP contribution in [0.4, 0.5) is 28.4 Å². The number of benzene rings is 2. The van der Waals surface area contributed by atoms with Crippen LogP contribution in [0.1, 0.15) is 12.5 Å². The zero-order chi connectivity index (χ0) is 19.6. The van der Waals surface area contributed by atoms with Gasteiger partial charge in [-0.3, -0.25) is 4.90 Å². The standard InChI is InChI=1S/C20H26ClN5O.ClH/c1-5-26(8-9-27)16-6-7-17(14(2)10-16)22-23-18-11-15(21)12-19-20(18)25(4)13-24(19)3;/h6-7,10-12,27H,5,8-9,13H2,1-4H3;1H. The Kier molecular flexibility index (Phi) is 7.66. The Labute approximate surface area is 177 Å². The van der Waals surface area contributed by atoms with E-state index < -0.39 is 0 Å². The number of aliphatic hydroxyl groups excluding tert-OH is 1. The van der Waals surface area contributed by atoms with Crippen LogP contribution in [-0.4, -0.2) is 45.6 Å². The Morgan fingerprint density at radius 1 is 1.21 bits per heavy atom. The van der Waals surface area contributed by atoms with Gasteiger partial charge in [-0.25, -0.2) is 0 Å². The molecule has 3 rings (SSSR count). The van der Waals surface area contributed by atoms with Gasteiger partial charge in [0.1, 0.15) is 11.4 Å². The van der Waals surface area contributed by atoms with Gasteiger partial charge in [0.2, 0.25) is 0 Å². The topological polar surface area (TPSA) is 55.9 Å². The maximum atomic E-state index is 9.21. The van der Waals surface area contributed by atoms with Gasteiger partial charge in [0.05, 0.1) is 19.3 Å². The van der Waals surface area contributed by atoms with E-state index in [0.29, 0.717) is 11.6 Å². The minimum absolute atomic E-state index is 0. The molecule has 2 aromatic rings. The summed E-state index contributed by atoms with van der Waals surface area (Å²) in [5, 5.41) is 18.9. The van der Waals surface area contributed by atoms with Crippen molar-refractivity contribution in [2.45, 2.75) is 13.8 Å². The summed E-state index contributed by atoms with van der Waals surface area (Å²) in [6.07, 6.45) is 0. The van der Waals surface area contributed by atoms with Gasteiger partial charge in [-0.1, -0.05) is 11.6 Å². The third-order valence-electron chi connectivity index (χ3n) is 4.93. The fourth-order valence-corrected chi connectivity index (χ4v) is 3.77. The number of quaternary nitrogens is 1. The first-order valence-corrected chi connectivity index (χ1v) is 9.58. The number of azo groups is 1. The summed E-state index contributed by atoms with van der Waals surface area (Å²) in [6, 6.07) is 9.94. The van der Waals surface area contributed by atoms with Crippen LogP contribution in [0.25, 0.3) is 0 Å². The second kappa shape index (κ2) is 9.56. The van der Waals surface area contributed by atoms with Gasteiger partial charge in [0.25, 0.3) is 0 Å². The van der Waals surface area contributed by atoms with Crippen LogP contribution in [-0.2, 0) is 0 Å². The highest BCUT2D eigenvalue weighted by atomic mass is 35.5. The second-order valence-electron chi connectivity index (χ2n) is 6.93. The van der Waals surface area contributed by atoms with E-state index in [1.54, 1.807) is 0 Å². The quantitative estimate of drug-likeness (QED) is 0.662. The van der Waals surface area contributed by atoms with Crippen molar-refractivity contribution in [3.05, 3.63) is 40.9 Å². The fourth-order valence-electron chi connectivity index (χ4n) is 3.55. The number of anilines is 2. The molecule has 8 heteroatoms. The van der Waals surface area contributed by atoms with Gasteiger partial charge in [0, 0.05) is 36.9 Å². The average Bonchev–Trinajstić information content (AvgIpc) is 2.92. The first kappa shape index (κ1) is 22.4. The lowest BCUT2D eigenvalue weighted by atomic mass is 10.1. The highest BCUT2D eigenvalue weighted by molar-refractivity contribution is 6.31. The molecule has 28 heavy (non-hydrogen) atoms.